The van der Waals surface area contributed by atoms with E-state index in [9.17, 15) is 4.79 Å². The Morgan fingerprint density at radius 2 is 1.87 bits per heavy atom. The second-order valence-electron chi connectivity index (χ2n) is 3.80. The van der Waals surface area contributed by atoms with Crippen molar-refractivity contribution >= 4 is 11.7 Å². The van der Waals surface area contributed by atoms with Gasteiger partial charge in [-0.05, 0) is 0 Å². The second kappa shape index (κ2) is 2.79. The molecule has 0 saturated heterocycles. The van der Waals surface area contributed by atoms with Crippen molar-refractivity contribution in [1.82, 2.24) is 0 Å². The van der Waals surface area contributed by atoms with E-state index in [0.29, 0.717) is 11.5 Å². The standard InChI is InChI=1S/C10H11NO4/c1-10(2)14-7-3-5(9(12)13)6(11)4-8(7)15-10/h3-4H,11H2,1-2H3,(H,12,13). The van der Waals surface area contributed by atoms with Crippen molar-refractivity contribution in [2.45, 2.75) is 19.6 Å². The Kier molecular flexibility index (Phi) is 1.79. The highest BCUT2D eigenvalue weighted by Crippen LogP contribution is 2.41. The fraction of sp³-hybridized carbons (Fsp3) is 0.300. The number of fused-ring (bicyclic) bond motifs is 1. The minimum absolute atomic E-state index is 0.0232. The lowest BCUT2D eigenvalue weighted by atomic mass is 10.1. The average Bonchev–Trinajstić information content (AvgIpc) is 2.36. The second-order valence-corrected chi connectivity index (χ2v) is 3.80. The zero-order chi connectivity index (χ0) is 11.2. The summed E-state index contributed by atoms with van der Waals surface area (Å²) in [6.45, 7) is 3.48. The third-order valence-corrected chi connectivity index (χ3v) is 2.06. The number of nitrogen functional groups attached to an aromatic ring is 1. The van der Waals surface area contributed by atoms with Crippen LogP contribution in [-0.2, 0) is 0 Å². The number of benzene rings is 1. The first-order valence-electron chi connectivity index (χ1n) is 4.44. The summed E-state index contributed by atoms with van der Waals surface area (Å²) in [6, 6.07) is 2.84. The van der Waals surface area contributed by atoms with Crippen LogP contribution in [0.1, 0.15) is 24.2 Å². The Balaban J connectivity index is 2.50. The minimum atomic E-state index is -1.08. The summed E-state index contributed by atoms with van der Waals surface area (Å²) in [5, 5.41) is 8.85. The number of carbonyl (C=O) groups is 1. The van der Waals surface area contributed by atoms with Gasteiger partial charge in [-0.2, -0.15) is 0 Å². The van der Waals surface area contributed by atoms with Crippen LogP contribution in [-0.4, -0.2) is 16.9 Å². The Bertz CT molecular complexity index is 439. The molecule has 1 aromatic carbocycles. The van der Waals surface area contributed by atoms with Gasteiger partial charge in [-0.25, -0.2) is 4.79 Å². The summed E-state index contributed by atoms with van der Waals surface area (Å²) in [7, 11) is 0. The maximum atomic E-state index is 10.8. The number of rotatable bonds is 1. The maximum absolute atomic E-state index is 10.8. The van der Waals surface area contributed by atoms with Crippen LogP contribution in [0.3, 0.4) is 0 Å². The molecule has 1 heterocycles. The Morgan fingerprint density at radius 3 is 2.40 bits per heavy atom. The van der Waals surface area contributed by atoms with Crippen LogP contribution in [0.25, 0.3) is 0 Å². The van der Waals surface area contributed by atoms with Gasteiger partial charge in [0, 0.05) is 26.0 Å². The molecule has 80 valence electrons. The number of aromatic carboxylic acids is 1. The SMILES string of the molecule is CC1(C)Oc2cc(N)c(C(=O)O)cc2O1. The van der Waals surface area contributed by atoms with Crippen LogP contribution in [0.15, 0.2) is 12.1 Å². The molecule has 0 radical (unpaired) electrons. The maximum Gasteiger partial charge on any atom is 0.337 e. The van der Waals surface area contributed by atoms with Gasteiger partial charge >= 0.3 is 5.97 Å². The van der Waals surface area contributed by atoms with Crippen LogP contribution >= 0.6 is 0 Å². The number of hydrogen-bond acceptors (Lipinski definition) is 4. The van der Waals surface area contributed by atoms with E-state index in [1.165, 1.54) is 12.1 Å². The minimum Gasteiger partial charge on any atom is -0.478 e. The van der Waals surface area contributed by atoms with Gasteiger partial charge in [0.1, 0.15) is 0 Å². The number of hydrogen-bond donors (Lipinski definition) is 2. The molecule has 0 aromatic heterocycles. The largest absolute Gasteiger partial charge is 0.478 e. The quantitative estimate of drug-likeness (QED) is 0.684. The molecule has 0 aliphatic carbocycles. The van der Waals surface area contributed by atoms with Gasteiger partial charge in [0.05, 0.1) is 11.3 Å². The van der Waals surface area contributed by atoms with Gasteiger partial charge in [0.2, 0.25) is 5.79 Å². The van der Waals surface area contributed by atoms with Gasteiger partial charge in [-0.1, -0.05) is 0 Å². The predicted octanol–water partition coefficient (Wildman–Crippen LogP) is 1.47. The first-order chi connectivity index (χ1) is 6.89. The van der Waals surface area contributed by atoms with Crippen LogP contribution in [0.5, 0.6) is 11.5 Å². The molecule has 2 rings (SSSR count). The van der Waals surface area contributed by atoms with Crippen molar-refractivity contribution in [3.8, 4) is 11.5 Å². The van der Waals surface area contributed by atoms with E-state index in [-0.39, 0.29) is 11.3 Å². The first-order valence-corrected chi connectivity index (χ1v) is 4.44. The van der Waals surface area contributed by atoms with Crippen molar-refractivity contribution in [2.24, 2.45) is 0 Å². The molecule has 5 nitrogen and oxygen atoms in total. The smallest absolute Gasteiger partial charge is 0.337 e. The molecule has 0 spiro atoms. The predicted molar refractivity (Wildman–Crippen MR) is 53.1 cm³/mol. The lowest BCUT2D eigenvalue weighted by Gasteiger charge is -2.16. The summed E-state index contributed by atoms with van der Waals surface area (Å²) in [5.74, 6) is -0.968. The number of carboxylic acid groups (broad SMARTS) is 1. The number of anilines is 1. The van der Waals surface area contributed by atoms with E-state index < -0.39 is 11.8 Å². The Morgan fingerprint density at radius 1 is 1.33 bits per heavy atom. The lowest BCUT2D eigenvalue weighted by Crippen LogP contribution is -2.29. The summed E-state index contributed by atoms with van der Waals surface area (Å²) < 4.78 is 10.8. The molecular weight excluding hydrogens is 198 g/mol. The molecule has 1 aliphatic rings. The van der Waals surface area contributed by atoms with Crippen LogP contribution in [0, 0.1) is 0 Å². The van der Waals surface area contributed by atoms with Crippen molar-refractivity contribution in [3.05, 3.63) is 17.7 Å². The molecule has 15 heavy (non-hydrogen) atoms. The molecule has 0 fully saturated rings. The van der Waals surface area contributed by atoms with Crippen molar-refractivity contribution in [2.75, 3.05) is 5.73 Å². The summed E-state index contributed by atoms with van der Waals surface area (Å²) in [4.78, 5) is 10.8. The van der Waals surface area contributed by atoms with E-state index >= 15 is 0 Å². The first kappa shape index (κ1) is 9.64. The van der Waals surface area contributed by atoms with E-state index in [1.54, 1.807) is 13.8 Å². The molecule has 1 aliphatic heterocycles. The fourth-order valence-corrected chi connectivity index (χ4v) is 1.47. The van der Waals surface area contributed by atoms with Gasteiger partial charge < -0.3 is 20.3 Å². The zero-order valence-electron chi connectivity index (χ0n) is 8.40. The number of nitrogens with two attached hydrogens (primary N) is 1. The molecule has 0 amide bonds. The highest BCUT2D eigenvalue weighted by atomic mass is 16.7. The van der Waals surface area contributed by atoms with E-state index in [1.807, 2.05) is 0 Å². The van der Waals surface area contributed by atoms with Crippen molar-refractivity contribution < 1.29 is 19.4 Å². The molecule has 0 bridgehead atoms. The van der Waals surface area contributed by atoms with Crippen LogP contribution in [0.4, 0.5) is 5.69 Å². The highest BCUT2D eigenvalue weighted by Gasteiger charge is 2.32. The Hall–Kier alpha value is -1.91. The summed E-state index contributed by atoms with van der Waals surface area (Å²) in [6.07, 6.45) is 0. The zero-order valence-corrected chi connectivity index (χ0v) is 8.40. The molecule has 5 heteroatoms. The van der Waals surface area contributed by atoms with Gasteiger partial charge in [-0.3, -0.25) is 0 Å². The highest BCUT2D eigenvalue weighted by molar-refractivity contribution is 5.94. The molecule has 0 unspecified atom stereocenters. The molecule has 0 saturated carbocycles. The third kappa shape index (κ3) is 1.56. The van der Waals surface area contributed by atoms with Crippen molar-refractivity contribution in [3.63, 3.8) is 0 Å². The third-order valence-electron chi connectivity index (χ3n) is 2.06. The molecular formula is C10H11NO4. The lowest BCUT2D eigenvalue weighted by molar-refractivity contribution is -0.0431. The van der Waals surface area contributed by atoms with Crippen LogP contribution in [0.2, 0.25) is 0 Å². The van der Waals surface area contributed by atoms with E-state index in [2.05, 4.69) is 0 Å². The molecule has 1 aromatic rings. The van der Waals surface area contributed by atoms with Crippen LogP contribution < -0.4 is 15.2 Å². The number of ether oxygens (including phenoxy) is 2. The van der Waals surface area contributed by atoms with E-state index in [0.717, 1.165) is 0 Å². The molecule has 0 atom stereocenters. The van der Waals surface area contributed by atoms with Gasteiger partial charge in [-0.15, -0.1) is 0 Å². The Labute approximate surface area is 86.4 Å². The van der Waals surface area contributed by atoms with Crippen molar-refractivity contribution in [1.29, 1.82) is 0 Å². The summed E-state index contributed by atoms with van der Waals surface area (Å²) >= 11 is 0. The van der Waals surface area contributed by atoms with Gasteiger partial charge in [0.15, 0.2) is 11.5 Å². The average molecular weight is 209 g/mol. The van der Waals surface area contributed by atoms with Gasteiger partial charge in [0.25, 0.3) is 0 Å². The fourth-order valence-electron chi connectivity index (χ4n) is 1.47. The monoisotopic (exact) mass is 209 g/mol. The topological polar surface area (TPSA) is 81.8 Å². The molecule has 3 N–H and O–H groups in total. The van der Waals surface area contributed by atoms with E-state index in [4.69, 9.17) is 20.3 Å². The number of carboxylic acids is 1. The summed E-state index contributed by atoms with van der Waals surface area (Å²) in [5.41, 5.74) is 5.76. The normalized spacial score (nSPS) is 16.4.